The van der Waals surface area contributed by atoms with E-state index in [0.29, 0.717) is 11.7 Å². The van der Waals surface area contributed by atoms with E-state index in [1.807, 2.05) is 0 Å². The minimum atomic E-state index is -0.405. The molecular formula is C18H19N3O2S. The normalized spacial score (nSPS) is 15.0. The number of thiazole rings is 1. The maximum absolute atomic E-state index is 11.6. The van der Waals surface area contributed by atoms with Crippen LogP contribution in [0.5, 0.6) is 0 Å². The van der Waals surface area contributed by atoms with Crippen molar-refractivity contribution in [3.63, 3.8) is 0 Å². The van der Waals surface area contributed by atoms with E-state index in [0.717, 1.165) is 27.3 Å². The molecule has 2 aromatic heterocycles. The van der Waals surface area contributed by atoms with Crippen LogP contribution in [0.2, 0.25) is 0 Å². The number of hydrogen-bond acceptors (Lipinski definition) is 5. The molecule has 0 unspecified atom stereocenters. The number of para-hydroxylation sites is 1. The van der Waals surface area contributed by atoms with E-state index in [1.165, 1.54) is 44.1 Å². The molecule has 0 bridgehead atoms. The molecule has 1 aliphatic rings. The molecule has 1 fully saturated rings. The summed E-state index contributed by atoms with van der Waals surface area (Å²) in [5.74, 6) is -0.405. The molecule has 0 aliphatic heterocycles. The molecule has 2 N–H and O–H groups in total. The number of hydrogen-bond donors (Lipinski definition) is 2. The largest absolute Gasteiger partial charge is 0.464 e. The molecule has 1 aliphatic carbocycles. The number of anilines is 1. The topological polar surface area (TPSA) is 67.0 Å². The van der Waals surface area contributed by atoms with Gasteiger partial charge in [-0.1, -0.05) is 25.0 Å². The Morgan fingerprint density at radius 3 is 3.00 bits per heavy atom. The van der Waals surface area contributed by atoms with Crippen LogP contribution in [-0.2, 0) is 4.74 Å². The number of aromatic amines is 1. The zero-order valence-corrected chi connectivity index (χ0v) is 14.3. The van der Waals surface area contributed by atoms with Crippen molar-refractivity contribution in [3.8, 4) is 10.7 Å². The Balaban J connectivity index is 1.67. The number of aromatic nitrogens is 2. The zero-order chi connectivity index (χ0) is 16.5. The van der Waals surface area contributed by atoms with Crippen molar-refractivity contribution in [2.45, 2.75) is 31.7 Å². The van der Waals surface area contributed by atoms with Gasteiger partial charge in [-0.15, -0.1) is 11.3 Å². The predicted molar refractivity (Wildman–Crippen MR) is 96.6 cm³/mol. The number of methoxy groups -OCH3 is 1. The highest BCUT2D eigenvalue weighted by atomic mass is 32.1. The molecule has 3 aromatic rings. The number of ether oxygens (including phenoxy) is 1. The van der Waals surface area contributed by atoms with Gasteiger partial charge in [0.1, 0.15) is 5.01 Å². The molecule has 0 saturated heterocycles. The third-order valence-electron chi connectivity index (χ3n) is 4.50. The first-order valence-electron chi connectivity index (χ1n) is 8.17. The Kier molecular flexibility index (Phi) is 3.98. The summed E-state index contributed by atoms with van der Waals surface area (Å²) >= 11 is 1.44. The van der Waals surface area contributed by atoms with Crippen LogP contribution < -0.4 is 5.32 Å². The average Bonchev–Trinajstić information content (AvgIpc) is 3.33. The molecular weight excluding hydrogens is 322 g/mol. The van der Waals surface area contributed by atoms with Crippen LogP contribution in [-0.4, -0.2) is 29.1 Å². The molecule has 124 valence electrons. The second-order valence-electron chi connectivity index (χ2n) is 6.11. The van der Waals surface area contributed by atoms with Crippen molar-refractivity contribution in [1.82, 2.24) is 9.97 Å². The first-order valence-corrected chi connectivity index (χ1v) is 9.05. The van der Waals surface area contributed by atoms with Crippen LogP contribution in [0.1, 0.15) is 36.2 Å². The van der Waals surface area contributed by atoms with Crippen LogP contribution in [0.3, 0.4) is 0 Å². The van der Waals surface area contributed by atoms with Gasteiger partial charge in [-0.05, 0) is 25.0 Å². The molecule has 4 rings (SSSR count). The summed E-state index contributed by atoms with van der Waals surface area (Å²) < 4.78 is 4.72. The van der Waals surface area contributed by atoms with E-state index in [-0.39, 0.29) is 0 Å². The van der Waals surface area contributed by atoms with Crippen LogP contribution >= 0.6 is 11.3 Å². The van der Waals surface area contributed by atoms with Gasteiger partial charge in [0, 0.05) is 16.8 Å². The lowest BCUT2D eigenvalue weighted by Crippen LogP contribution is -2.14. The van der Waals surface area contributed by atoms with Gasteiger partial charge in [-0.2, -0.15) is 0 Å². The molecule has 2 heterocycles. The number of esters is 1. The number of rotatable bonds is 4. The van der Waals surface area contributed by atoms with Crippen LogP contribution in [0.25, 0.3) is 21.6 Å². The van der Waals surface area contributed by atoms with Crippen LogP contribution in [0, 0.1) is 0 Å². The molecule has 0 spiro atoms. The van der Waals surface area contributed by atoms with Crippen molar-refractivity contribution in [2.75, 3.05) is 12.4 Å². The Labute approximate surface area is 144 Å². The van der Waals surface area contributed by atoms with Crippen molar-refractivity contribution >= 4 is 33.9 Å². The Morgan fingerprint density at radius 2 is 2.21 bits per heavy atom. The van der Waals surface area contributed by atoms with E-state index in [1.54, 1.807) is 5.38 Å². The maximum Gasteiger partial charge on any atom is 0.357 e. The van der Waals surface area contributed by atoms with Gasteiger partial charge < -0.3 is 15.0 Å². The van der Waals surface area contributed by atoms with Crippen molar-refractivity contribution in [1.29, 1.82) is 0 Å². The fourth-order valence-electron chi connectivity index (χ4n) is 3.28. The van der Waals surface area contributed by atoms with Gasteiger partial charge in [-0.3, -0.25) is 0 Å². The number of fused-ring (bicyclic) bond motifs is 1. The van der Waals surface area contributed by atoms with Crippen molar-refractivity contribution in [3.05, 3.63) is 35.3 Å². The van der Waals surface area contributed by atoms with E-state index < -0.39 is 5.97 Å². The standard InChI is InChI=1S/C18H19N3O2S/c1-23-18(22)15-10-24-17(21-15)14-9-11-5-4-8-13(16(11)20-14)19-12-6-2-3-7-12/h4-5,8-10,12,19-20H,2-3,6-7H2,1H3. The fourth-order valence-corrected chi connectivity index (χ4v) is 4.04. The predicted octanol–water partition coefficient (Wildman–Crippen LogP) is 4.43. The third-order valence-corrected chi connectivity index (χ3v) is 5.38. The maximum atomic E-state index is 11.6. The Bertz CT molecular complexity index is 877. The van der Waals surface area contributed by atoms with Gasteiger partial charge in [0.05, 0.1) is 24.0 Å². The SMILES string of the molecule is COC(=O)c1csc(-c2cc3cccc(NC4CCCC4)c3[nH]2)n1. The summed E-state index contributed by atoms with van der Waals surface area (Å²) in [4.78, 5) is 19.4. The second kappa shape index (κ2) is 6.28. The van der Waals surface area contributed by atoms with Crippen molar-refractivity contribution in [2.24, 2.45) is 0 Å². The highest BCUT2D eigenvalue weighted by Crippen LogP contribution is 2.32. The quantitative estimate of drug-likeness (QED) is 0.689. The first kappa shape index (κ1) is 15.2. The molecule has 24 heavy (non-hydrogen) atoms. The number of nitrogens with one attached hydrogen (secondary N) is 2. The highest BCUT2D eigenvalue weighted by molar-refractivity contribution is 7.13. The zero-order valence-electron chi connectivity index (χ0n) is 13.5. The van der Waals surface area contributed by atoms with E-state index in [9.17, 15) is 4.79 Å². The molecule has 6 heteroatoms. The van der Waals surface area contributed by atoms with E-state index in [2.05, 4.69) is 39.6 Å². The molecule has 1 saturated carbocycles. The fraction of sp³-hybridized carbons (Fsp3) is 0.333. The van der Waals surface area contributed by atoms with Crippen molar-refractivity contribution < 1.29 is 9.53 Å². The molecule has 0 atom stereocenters. The molecule has 0 radical (unpaired) electrons. The van der Waals surface area contributed by atoms with Gasteiger partial charge in [0.25, 0.3) is 0 Å². The van der Waals surface area contributed by atoms with Gasteiger partial charge in [-0.25, -0.2) is 9.78 Å². The summed E-state index contributed by atoms with van der Waals surface area (Å²) in [5.41, 5.74) is 3.50. The number of nitrogens with zero attached hydrogens (tertiary/aromatic N) is 1. The first-order chi connectivity index (χ1) is 11.7. The van der Waals surface area contributed by atoms with Crippen LogP contribution in [0.4, 0.5) is 5.69 Å². The summed E-state index contributed by atoms with van der Waals surface area (Å²) in [5, 5.41) is 7.32. The monoisotopic (exact) mass is 341 g/mol. The lowest BCUT2D eigenvalue weighted by atomic mass is 10.2. The second-order valence-corrected chi connectivity index (χ2v) is 6.97. The smallest absolute Gasteiger partial charge is 0.357 e. The number of benzene rings is 1. The van der Waals surface area contributed by atoms with Gasteiger partial charge in [0.15, 0.2) is 5.69 Å². The lowest BCUT2D eigenvalue weighted by Gasteiger charge is -2.14. The Hall–Kier alpha value is -2.34. The Morgan fingerprint density at radius 1 is 1.38 bits per heavy atom. The number of H-pyrrole nitrogens is 1. The summed E-state index contributed by atoms with van der Waals surface area (Å²) in [7, 11) is 1.37. The number of carbonyl (C=O) groups is 1. The van der Waals surface area contributed by atoms with Gasteiger partial charge >= 0.3 is 5.97 Å². The minimum absolute atomic E-state index is 0.348. The summed E-state index contributed by atoms with van der Waals surface area (Å²) in [6, 6.07) is 8.91. The number of carbonyl (C=O) groups excluding carboxylic acids is 1. The summed E-state index contributed by atoms with van der Waals surface area (Å²) in [6.07, 6.45) is 5.08. The third kappa shape index (κ3) is 2.78. The highest BCUT2D eigenvalue weighted by Gasteiger charge is 2.17. The molecule has 5 nitrogen and oxygen atoms in total. The molecule has 0 amide bonds. The van der Waals surface area contributed by atoms with Crippen LogP contribution in [0.15, 0.2) is 29.6 Å². The van der Waals surface area contributed by atoms with E-state index in [4.69, 9.17) is 4.74 Å². The summed E-state index contributed by atoms with van der Waals surface area (Å²) in [6.45, 7) is 0. The minimum Gasteiger partial charge on any atom is -0.464 e. The van der Waals surface area contributed by atoms with Gasteiger partial charge in [0.2, 0.25) is 0 Å². The lowest BCUT2D eigenvalue weighted by molar-refractivity contribution is 0.0595. The average molecular weight is 341 g/mol. The van der Waals surface area contributed by atoms with E-state index >= 15 is 0 Å². The molecule has 1 aromatic carbocycles.